The second-order valence-corrected chi connectivity index (χ2v) is 6.48. The highest BCUT2D eigenvalue weighted by Gasteiger charge is 2.24. The highest BCUT2D eigenvalue weighted by molar-refractivity contribution is 5.77. The second kappa shape index (κ2) is 5.24. The maximum absolute atomic E-state index is 11.3. The van der Waals surface area contributed by atoms with E-state index in [4.69, 9.17) is 5.73 Å². The second-order valence-electron chi connectivity index (χ2n) is 6.48. The van der Waals surface area contributed by atoms with Gasteiger partial charge in [-0.25, -0.2) is 0 Å². The molecule has 1 aromatic rings. The monoisotopic (exact) mass is 260 g/mol. The zero-order valence-electron chi connectivity index (χ0n) is 12.1. The van der Waals surface area contributed by atoms with E-state index in [0.29, 0.717) is 0 Å². The number of hydrogen-bond acceptors (Lipinski definition) is 2. The minimum absolute atomic E-state index is 0.00366. The average molecular weight is 260 g/mol. The van der Waals surface area contributed by atoms with Crippen LogP contribution < -0.4 is 10.6 Å². The smallest absolute Gasteiger partial charge is 0.222 e. The molecular weight excluding hydrogens is 236 g/mol. The lowest BCUT2D eigenvalue weighted by molar-refractivity contribution is -0.122. The summed E-state index contributed by atoms with van der Waals surface area (Å²) in [6, 6.07) is 8.68. The molecule has 0 aromatic heterocycles. The third-order valence-electron chi connectivity index (χ3n) is 3.92. The van der Waals surface area contributed by atoms with E-state index in [1.165, 1.54) is 11.3 Å². The molecule has 1 saturated heterocycles. The normalized spacial score (nSPS) is 20.4. The Bertz CT molecular complexity index is 445. The Morgan fingerprint density at radius 1 is 1.26 bits per heavy atom. The number of primary amides is 1. The molecule has 1 unspecified atom stereocenters. The van der Waals surface area contributed by atoms with Crippen molar-refractivity contribution in [2.45, 2.75) is 39.0 Å². The van der Waals surface area contributed by atoms with Crippen LogP contribution in [0.4, 0.5) is 5.69 Å². The molecule has 0 bridgehead atoms. The van der Waals surface area contributed by atoms with E-state index in [2.05, 4.69) is 49.9 Å². The van der Waals surface area contributed by atoms with Crippen LogP contribution in [0, 0.1) is 5.92 Å². The highest BCUT2D eigenvalue weighted by atomic mass is 16.1. The molecule has 19 heavy (non-hydrogen) atoms. The number of anilines is 1. The number of piperidine rings is 1. The zero-order chi connectivity index (χ0) is 14.0. The van der Waals surface area contributed by atoms with Gasteiger partial charge >= 0.3 is 0 Å². The van der Waals surface area contributed by atoms with Crippen molar-refractivity contribution in [3.05, 3.63) is 29.8 Å². The zero-order valence-corrected chi connectivity index (χ0v) is 12.1. The van der Waals surface area contributed by atoms with Crippen molar-refractivity contribution < 1.29 is 4.79 Å². The first-order valence-electron chi connectivity index (χ1n) is 7.03. The number of benzene rings is 1. The summed E-state index contributed by atoms with van der Waals surface area (Å²) in [6.45, 7) is 8.41. The van der Waals surface area contributed by atoms with Gasteiger partial charge in [-0.3, -0.25) is 4.79 Å². The fourth-order valence-electron chi connectivity index (χ4n) is 2.62. The van der Waals surface area contributed by atoms with Gasteiger partial charge in [-0.2, -0.15) is 0 Å². The Hall–Kier alpha value is -1.51. The molecule has 3 heteroatoms. The summed E-state index contributed by atoms with van der Waals surface area (Å²) >= 11 is 0. The molecule has 1 atom stereocenters. The lowest BCUT2D eigenvalue weighted by Gasteiger charge is -2.33. The molecule has 0 aliphatic carbocycles. The lowest BCUT2D eigenvalue weighted by atomic mass is 9.87. The maximum Gasteiger partial charge on any atom is 0.222 e. The first kappa shape index (κ1) is 13.9. The topological polar surface area (TPSA) is 46.3 Å². The molecule has 0 radical (unpaired) electrons. The first-order valence-corrected chi connectivity index (χ1v) is 7.03. The van der Waals surface area contributed by atoms with Crippen LogP contribution in [0.5, 0.6) is 0 Å². The van der Waals surface area contributed by atoms with Crippen molar-refractivity contribution in [3.8, 4) is 0 Å². The van der Waals surface area contributed by atoms with Crippen LogP contribution in [0.1, 0.15) is 39.2 Å². The van der Waals surface area contributed by atoms with Crippen molar-refractivity contribution >= 4 is 11.6 Å². The van der Waals surface area contributed by atoms with Gasteiger partial charge in [0.15, 0.2) is 0 Å². The standard InChI is InChI=1S/C16H24N2O/c1-16(2,3)13-6-8-14(9-7-13)18-10-4-5-12(11-18)15(17)19/h6-9,12H,4-5,10-11H2,1-3H3,(H2,17,19). The molecule has 1 amide bonds. The summed E-state index contributed by atoms with van der Waals surface area (Å²) in [5.41, 5.74) is 8.13. The van der Waals surface area contributed by atoms with Gasteiger partial charge in [0.1, 0.15) is 0 Å². The molecule has 1 heterocycles. The van der Waals surface area contributed by atoms with Crippen molar-refractivity contribution in [3.63, 3.8) is 0 Å². The van der Waals surface area contributed by atoms with Crippen LogP contribution in [0.15, 0.2) is 24.3 Å². The third-order valence-corrected chi connectivity index (χ3v) is 3.92. The van der Waals surface area contributed by atoms with Gasteiger partial charge < -0.3 is 10.6 Å². The molecule has 3 nitrogen and oxygen atoms in total. The van der Waals surface area contributed by atoms with Crippen molar-refractivity contribution in [1.29, 1.82) is 0 Å². The summed E-state index contributed by atoms with van der Waals surface area (Å²) < 4.78 is 0. The molecular formula is C16H24N2O. The summed E-state index contributed by atoms with van der Waals surface area (Å²) in [7, 11) is 0. The Kier molecular flexibility index (Phi) is 3.83. The van der Waals surface area contributed by atoms with Gasteiger partial charge in [0.25, 0.3) is 0 Å². The molecule has 0 saturated carbocycles. The number of nitrogens with zero attached hydrogens (tertiary/aromatic N) is 1. The van der Waals surface area contributed by atoms with Crippen molar-refractivity contribution in [2.24, 2.45) is 11.7 Å². The van der Waals surface area contributed by atoms with Crippen LogP contribution in [0.25, 0.3) is 0 Å². The summed E-state index contributed by atoms with van der Waals surface area (Å²) in [5.74, 6) is -0.174. The molecule has 1 fully saturated rings. The fraction of sp³-hybridized carbons (Fsp3) is 0.562. The number of carbonyl (C=O) groups is 1. The van der Waals surface area contributed by atoms with Gasteiger partial charge in [0.05, 0.1) is 5.92 Å². The van der Waals surface area contributed by atoms with Gasteiger partial charge in [-0.1, -0.05) is 32.9 Å². The minimum atomic E-state index is -0.170. The summed E-state index contributed by atoms with van der Waals surface area (Å²) in [6.07, 6.45) is 1.96. The largest absolute Gasteiger partial charge is 0.371 e. The van der Waals surface area contributed by atoms with E-state index in [1.807, 2.05) is 0 Å². The van der Waals surface area contributed by atoms with Crippen LogP contribution in [-0.4, -0.2) is 19.0 Å². The van der Waals surface area contributed by atoms with Gasteiger partial charge in [0.2, 0.25) is 5.91 Å². The molecule has 1 aliphatic rings. The predicted octanol–water partition coefficient (Wildman–Crippen LogP) is 2.69. The molecule has 1 aromatic carbocycles. The van der Waals surface area contributed by atoms with Crippen molar-refractivity contribution in [2.75, 3.05) is 18.0 Å². The van der Waals surface area contributed by atoms with Gasteiger partial charge in [-0.15, -0.1) is 0 Å². The quantitative estimate of drug-likeness (QED) is 0.888. The van der Waals surface area contributed by atoms with Gasteiger partial charge in [0, 0.05) is 18.8 Å². The number of rotatable bonds is 2. The van der Waals surface area contributed by atoms with Crippen LogP contribution in [-0.2, 0) is 10.2 Å². The number of hydrogen-bond donors (Lipinski definition) is 1. The van der Waals surface area contributed by atoms with E-state index < -0.39 is 0 Å². The maximum atomic E-state index is 11.3. The van der Waals surface area contributed by atoms with Gasteiger partial charge in [-0.05, 0) is 36.0 Å². The Morgan fingerprint density at radius 2 is 1.89 bits per heavy atom. The van der Waals surface area contributed by atoms with Crippen LogP contribution in [0.3, 0.4) is 0 Å². The number of amides is 1. The highest BCUT2D eigenvalue weighted by Crippen LogP contribution is 2.27. The average Bonchev–Trinajstić information content (AvgIpc) is 2.38. The Labute approximate surface area is 115 Å². The van der Waals surface area contributed by atoms with Crippen molar-refractivity contribution in [1.82, 2.24) is 0 Å². The van der Waals surface area contributed by atoms with E-state index in [1.54, 1.807) is 0 Å². The van der Waals surface area contributed by atoms with E-state index >= 15 is 0 Å². The third kappa shape index (κ3) is 3.28. The molecule has 104 valence electrons. The number of carbonyl (C=O) groups excluding carboxylic acids is 1. The first-order chi connectivity index (χ1) is 8.88. The molecule has 2 rings (SSSR count). The number of nitrogens with two attached hydrogens (primary N) is 1. The van der Waals surface area contributed by atoms with E-state index in [0.717, 1.165) is 25.9 Å². The predicted molar refractivity (Wildman–Crippen MR) is 79.3 cm³/mol. The SMILES string of the molecule is CC(C)(C)c1ccc(N2CCCC(C(N)=O)C2)cc1. The van der Waals surface area contributed by atoms with Crippen LogP contribution >= 0.6 is 0 Å². The Morgan fingerprint density at radius 3 is 2.42 bits per heavy atom. The van der Waals surface area contributed by atoms with E-state index in [9.17, 15) is 4.79 Å². The fourth-order valence-corrected chi connectivity index (χ4v) is 2.62. The van der Waals surface area contributed by atoms with E-state index in [-0.39, 0.29) is 17.2 Å². The molecule has 2 N–H and O–H groups in total. The molecule has 0 spiro atoms. The Balaban J connectivity index is 2.12. The summed E-state index contributed by atoms with van der Waals surface area (Å²) in [4.78, 5) is 13.6. The van der Waals surface area contributed by atoms with Crippen LogP contribution in [0.2, 0.25) is 0 Å². The minimum Gasteiger partial charge on any atom is -0.371 e. The summed E-state index contributed by atoms with van der Waals surface area (Å²) in [5, 5.41) is 0. The lowest BCUT2D eigenvalue weighted by Crippen LogP contribution is -2.41. The molecule has 1 aliphatic heterocycles.